The van der Waals surface area contributed by atoms with E-state index in [2.05, 4.69) is 12.1 Å². The zero-order valence-corrected chi connectivity index (χ0v) is 13.5. The van der Waals surface area contributed by atoms with Gasteiger partial charge < -0.3 is 13.9 Å². The van der Waals surface area contributed by atoms with E-state index in [1.807, 2.05) is 30.3 Å². The van der Waals surface area contributed by atoms with Crippen molar-refractivity contribution in [3.8, 4) is 17.2 Å². The van der Waals surface area contributed by atoms with E-state index in [9.17, 15) is 0 Å². The number of methoxy groups -OCH3 is 2. The van der Waals surface area contributed by atoms with E-state index in [-0.39, 0.29) is 0 Å². The van der Waals surface area contributed by atoms with E-state index in [0.717, 1.165) is 23.5 Å². The molecule has 0 unspecified atom stereocenters. The summed E-state index contributed by atoms with van der Waals surface area (Å²) in [5, 5.41) is 0. The first-order valence-electron chi connectivity index (χ1n) is 6.12. The highest BCUT2D eigenvalue weighted by atomic mass is 28.2. The minimum absolute atomic E-state index is 0.620. The molecule has 3 nitrogen and oxygen atoms in total. The van der Waals surface area contributed by atoms with Gasteiger partial charge in [-0.25, -0.2) is 0 Å². The summed E-state index contributed by atoms with van der Waals surface area (Å²) >= 11 is 0. The highest BCUT2D eigenvalue weighted by molar-refractivity contribution is 6.00. The van der Waals surface area contributed by atoms with Crippen LogP contribution in [0.2, 0.25) is 0 Å². The third-order valence-corrected chi connectivity index (χ3v) is 3.46. The third-order valence-electron chi connectivity index (χ3n) is 3.02. The monoisotopic (exact) mass is 274 g/mol. The molecule has 2 aromatic carbocycles. The van der Waals surface area contributed by atoms with Gasteiger partial charge in [-0.1, -0.05) is 36.4 Å². The first-order chi connectivity index (χ1) is 9.30. The smallest absolute Gasteiger partial charge is 0.204 e. The maximum absolute atomic E-state index is 5.49. The van der Waals surface area contributed by atoms with Gasteiger partial charge in [0.25, 0.3) is 0 Å². The summed E-state index contributed by atoms with van der Waals surface area (Å²) in [6, 6.07) is 14.3. The second-order valence-corrected chi connectivity index (χ2v) is 4.56. The van der Waals surface area contributed by atoms with E-state index < -0.39 is 0 Å². The van der Waals surface area contributed by atoms with Crippen LogP contribution in [0.5, 0.6) is 17.2 Å². The maximum atomic E-state index is 5.49. The highest BCUT2D eigenvalue weighted by Gasteiger charge is 2.15. The molecule has 19 heavy (non-hydrogen) atoms. The van der Waals surface area contributed by atoms with Crippen molar-refractivity contribution in [2.45, 2.75) is 6.42 Å². The van der Waals surface area contributed by atoms with Crippen LogP contribution < -0.4 is 13.9 Å². The Kier molecular flexibility index (Phi) is 4.47. The molecule has 0 aliphatic heterocycles. The molecule has 0 saturated heterocycles. The van der Waals surface area contributed by atoms with Crippen molar-refractivity contribution in [2.75, 3.05) is 14.2 Å². The molecule has 0 fully saturated rings. The lowest BCUT2D eigenvalue weighted by Gasteiger charge is -2.16. The molecule has 0 aromatic heterocycles. The van der Waals surface area contributed by atoms with Crippen molar-refractivity contribution in [3.63, 3.8) is 0 Å². The molecular formula is C15H18O3Si. The summed E-state index contributed by atoms with van der Waals surface area (Å²) < 4.78 is 16.3. The lowest BCUT2D eigenvalue weighted by molar-refractivity contribution is 0.342. The minimum Gasteiger partial charge on any atom is -0.551 e. The van der Waals surface area contributed by atoms with Crippen molar-refractivity contribution in [2.24, 2.45) is 0 Å². The van der Waals surface area contributed by atoms with Gasteiger partial charge in [0, 0.05) is 12.0 Å². The fraction of sp³-hybridized carbons (Fsp3) is 0.200. The molecule has 0 aliphatic carbocycles. The van der Waals surface area contributed by atoms with Gasteiger partial charge in [0.05, 0.1) is 14.2 Å². The van der Waals surface area contributed by atoms with Gasteiger partial charge in [-0.3, -0.25) is 0 Å². The molecule has 0 heterocycles. The van der Waals surface area contributed by atoms with Crippen molar-refractivity contribution in [3.05, 3.63) is 53.6 Å². The van der Waals surface area contributed by atoms with Gasteiger partial charge in [0.1, 0.15) is 5.75 Å². The Labute approximate surface area is 116 Å². The standard InChI is InChI=1S/C15H18O3Si/c1-16-14-12(10-11-6-4-3-5-7-11)8-9-13(18-19)15(14)17-2/h3-9H,10H2,1-2,19H3. The van der Waals surface area contributed by atoms with Crippen molar-refractivity contribution >= 4 is 10.5 Å². The quantitative estimate of drug-likeness (QED) is 0.780. The lowest BCUT2D eigenvalue weighted by Crippen LogP contribution is -2.00. The Bertz CT molecular complexity index is 541. The zero-order valence-electron chi connectivity index (χ0n) is 11.5. The van der Waals surface area contributed by atoms with Crippen molar-refractivity contribution in [1.29, 1.82) is 0 Å². The average Bonchev–Trinajstić information content (AvgIpc) is 2.47. The summed E-state index contributed by atoms with van der Waals surface area (Å²) in [7, 11) is 3.91. The first kappa shape index (κ1) is 13.5. The number of rotatable bonds is 5. The van der Waals surface area contributed by atoms with Crippen LogP contribution in [-0.2, 0) is 6.42 Å². The molecule has 0 aliphatic rings. The topological polar surface area (TPSA) is 27.7 Å². The van der Waals surface area contributed by atoms with Crippen LogP contribution in [0.4, 0.5) is 0 Å². The molecule has 100 valence electrons. The van der Waals surface area contributed by atoms with Gasteiger partial charge in [-0.15, -0.1) is 0 Å². The number of benzene rings is 2. The van der Waals surface area contributed by atoms with Crippen molar-refractivity contribution in [1.82, 2.24) is 0 Å². The molecule has 0 amide bonds. The van der Waals surface area contributed by atoms with E-state index in [1.165, 1.54) is 5.56 Å². The van der Waals surface area contributed by atoms with Crippen LogP contribution >= 0.6 is 0 Å². The summed E-state index contributed by atoms with van der Waals surface area (Å²) in [5.74, 6) is 2.16. The Hall–Kier alpha value is -1.94. The molecule has 0 spiro atoms. The predicted octanol–water partition coefficient (Wildman–Crippen LogP) is 1.95. The molecule has 0 radical (unpaired) electrons. The van der Waals surface area contributed by atoms with E-state index in [1.54, 1.807) is 14.2 Å². The van der Waals surface area contributed by atoms with Crippen LogP contribution in [0.15, 0.2) is 42.5 Å². The highest BCUT2D eigenvalue weighted by Crippen LogP contribution is 2.40. The molecule has 0 bridgehead atoms. The van der Waals surface area contributed by atoms with Crippen LogP contribution in [0.1, 0.15) is 11.1 Å². The summed E-state index contributed by atoms with van der Waals surface area (Å²) in [6.45, 7) is 0. The van der Waals surface area contributed by atoms with Gasteiger partial charge in [0.2, 0.25) is 16.2 Å². The van der Waals surface area contributed by atoms with Gasteiger partial charge in [0.15, 0.2) is 5.75 Å². The number of hydrogen-bond acceptors (Lipinski definition) is 3. The number of hydrogen-bond donors (Lipinski definition) is 0. The Morgan fingerprint density at radius 1 is 0.895 bits per heavy atom. The largest absolute Gasteiger partial charge is 0.551 e. The summed E-state index contributed by atoms with van der Waals surface area (Å²) in [5.41, 5.74) is 2.33. The molecule has 0 saturated carbocycles. The Morgan fingerprint density at radius 2 is 1.58 bits per heavy atom. The average molecular weight is 274 g/mol. The summed E-state index contributed by atoms with van der Waals surface area (Å²) in [6.07, 6.45) is 0.807. The van der Waals surface area contributed by atoms with Gasteiger partial charge in [-0.2, -0.15) is 0 Å². The zero-order chi connectivity index (χ0) is 13.7. The summed E-state index contributed by atoms with van der Waals surface area (Å²) in [4.78, 5) is 0. The van der Waals surface area contributed by atoms with E-state index in [4.69, 9.17) is 13.9 Å². The SMILES string of the molecule is COc1c(Cc2ccccc2)ccc(O[SiH3])c1OC. The minimum atomic E-state index is 0.620. The van der Waals surface area contributed by atoms with Gasteiger partial charge in [-0.05, 0) is 11.6 Å². The maximum Gasteiger partial charge on any atom is 0.204 e. The molecule has 2 aromatic rings. The fourth-order valence-electron chi connectivity index (χ4n) is 2.12. The van der Waals surface area contributed by atoms with Crippen LogP contribution in [0.3, 0.4) is 0 Å². The van der Waals surface area contributed by atoms with E-state index in [0.29, 0.717) is 16.2 Å². The molecule has 0 atom stereocenters. The van der Waals surface area contributed by atoms with Crippen LogP contribution in [0, 0.1) is 0 Å². The Morgan fingerprint density at radius 3 is 2.16 bits per heavy atom. The lowest BCUT2D eigenvalue weighted by atomic mass is 10.0. The van der Waals surface area contributed by atoms with E-state index >= 15 is 0 Å². The van der Waals surface area contributed by atoms with Gasteiger partial charge >= 0.3 is 0 Å². The molecule has 4 heteroatoms. The predicted molar refractivity (Wildman–Crippen MR) is 79.4 cm³/mol. The molecule has 2 rings (SSSR count). The fourth-order valence-corrected chi connectivity index (χ4v) is 2.44. The van der Waals surface area contributed by atoms with Crippen LogP contribution in [-0.4, -0.2) is 24.7 Å². The Balaban J connectivity index is 2.40. The second-order valence-electron chi connectivity index (χ2n) is 4.16. The normalized spacial score (nSPS) is 10.2. The second kappa shape index (κ2) is 6.29. The van der Waals surface area contributed by atoms with Crippen molar-refractivity contribution < 1.29 is 13.9 Å². The third kappa shape index (κ3) is 2.90. The number of ether oxygens (including phenoxy) is 2. The first-order valence-corrected chi connectivity index (χ1v) is 6.93. The van der Waals surface area contributed by atoms with Crippen LogP contribution in [0.25, 0.3) is 0 Å². The molecule has 0 N–H and O–H groups in total. The molecular weight excluding hydrogens is 256 g/mol.